The van der Waals surface area contributed by atoms with E-state index in [0.29, 0.717) is 4.77 Å². The van der Waals surface area contributed by atoms with Crippen LogP contribution in [0.15, 0.2) is 35.3 Å². The molecule has 0 saturated heterocycles. The monoisotopic (exact) mass is 260 g/mol. The van der Waals surface area contributed by atoms with E-state index in [1.54, 1.807) is 6.20 Å². The fraction of sp³-hybridized carbons (Fsp3) is 0.286. The van der Waals surface area contributed by atoms with Crippen molar-refractivity contribution in [2.24, 2.45) is 0 Å². The van der Waals surface area contributed by atoms with Crippen LogP contribution in [0.25, 0.3) is 5.69 Å². The third-order valence-electron chi connectivity index (χ3n) is 3.03. The van der Waals surface area contributed by atoms with Crippen molar-refractivity contribution in [3.8, 4) is 5.69 Å². The molecule has 1 heterocycles. The fourth-order valence-corrected chi connectivity index (χ4v) is 2.37. The molecule has 18 heavy (non-hydrogen) atoms. The second kappa shape index (κ2) is 5.31. The van der Waals surface area contributed by atoms with Crippen molar-refractivity contribution in [1.82, 2.24) is 9.55 Å². The number of hydrogen-bond acceptors (Lipinski definition) is 2. The van der Waals surface area contributed by atoms with Crippen LogP contribution in [0.2, 0.25) is 0 Å². The molecule has 3 nitrogen and oxygen atoms in total. The summed E-state index contributed by atoms with van der Waals surface area (Å²) in [6, 6.07) is 7.76. The smallest absolute Gasteiger partial charge is 0.251 e. The molecule has 2 aromatic rings. The van der Waals surface area contributed by atoms with Gasteiger partial charge in [0, 0.05) is 12.3 Å². The van der Waals surface area contributed by atoms with Crippen molar-refractivity contribution in [2.45, 2.75) is 26.7 Å². The molecule has 94 valence electrons. The maximum atomic E-state index is 11.2. The maximum Gasteiger partial charge on any atom is 0.251 e. The minimum absolute atomic E-state index is 0.164. The largest absolute Gasteiger partial charge is 0.299 e. The molecule has 0 fully saturated rings. The first-order valence-corrected chi connectivity index (χ1v) is 6.51. The Morgan fingerprint density at radius 1 is 1.17 bits per heavy atom. The lowest BCUT2D eigenvalue weighted by Gasteiger charge is -2.15. The van der Waals surface area contributed by atoms with E-state index < -0.39 is 0 Å². The van der Waals surface area contributed by atoms with Gasteiger partial charge in [0.05, 0.1) is 5.69 Å². The van der Waals surface area contributed by atoms with E-state index in [0.717, 1.165) is 18.5 Å². The van der Waals surface area contributed by atoms with Gasteiger partial charge in [0.1, 0.15) is 0 Å². The predicted octanol–water partition coefficient (Wildman–Crippen LogP) is 3.02. The predicted molar refractivity (Wildman–Crippen MR) is 76.0 cm³/mol. The zero-order chi connectivity index (χ0) is 13.1. The Kier molecular flexibility index (Phi) is 3.77. The second-order valence-corrected chi connectivity index (χ2v) is 4.50. The first kappa shape index (κ1) is 12.8. The highest BCUT2D eigenvalue weighted by molar-refractivity contribution is 7.71. The molecule has 0 aliphatic heterocycles. The first-order valence-electron chi connectivity index (χ1n) is 6.10. The zero-order valence-corrected chi connectivity index (χ0v) is 11.4. The summed E-state index contributed by atoms with van der Waals surface area (Å²) >= 11 is 5.24. The first-order chi connectivity index (χ1) is 8.67. The minimum atomic E-state index is -0.164. The average molecular weight is 260 g/mol. The normalized spacial score (nSPS) is 10.6. The number of para-hydroxylation sites is 1. The molecule has 1 aromatic carbocycles. The Balaban J connectivity index is 2.76. The van der Waals surface area contributed by atoms with Crippen molar-refractivity contribution < 1.29 is 0 Å². The molecule has 0 bridgehead atoms. The number of nitrogens with zero attached hydrogens (tertiary/aromatic N) is 1. The molecule has 4 heteroatoms. The van der Waals surface area contributed by atoms with Gasteiger partial charge in [-0.1, -0.05) is 32.0 Å². The van der Waals surface area contributed by atoms with Crippen molar-refractivity contribution in [1.29, 1.82) is 0 Å². The van der Waals surface area contributed by atoms with Gasteiger partial charge in [-0.15, -0.1) is 0 Å². The van der Waals surface area contributed by atoms with Crippen LogP contribution in [0.4, 0.5) is 0 Å². The van der Waals surface area contributed by atoms with Gasteiger partial charge < -0.3 is 0 Å². The van der Waals surface area contributed by atoms with Crippen LogP contribution >= 0.6 is 12.2 Å². The molecule has 0 amide bonds. The van der Waals surface area contributed by atoms with Crippen molar-refractivity contribution >= 4 is 12.2 Å². The Morgan fingerprint density at radius 2 is 1.78 bits per heavy atom. The topological polar surface area (TPSA) is 37.8 Å². The summed E-state index contributed by atoms with van der Waals surface area (Å²) in [5.74, 6) is 0. The highest BCUT2D eigenvalue weighted by Crippen LogP contribution is 2.21. The summed E-state index contributed by atoms with van der Waals surface area (Å²) in [6.45, 7) is 4.24. The van der Waals surface area contributed by atoms with Crippen LogP contribution in [0.3, 0.4) is 0 Å². The molecule has 0 unspecified atom stereocenters. The van der Waals surface area contributed by atoms with Crippen LogP contribution in [-0.2, 0) is 12.8 Å². The van der Waals surface area contributed by atoms with Crippen LogP contribution < -0.4 is 5.56 Å². The Morgan fingerprint density at radius 3 is 2.28 bits per heavy atom. The molecule has 2 rings (SSSR count). The molecule has 0 saturated carbocycles. The molecular weight excluding hydrogens is 244 g/mol. The minimum Gasteiger partial charge on any atom is -0.299 e. The summed E-state index contributed by atoms with van der Waals surface area (Å²) in [6.07, 6.45) is 3.61. The van der Waals surface area contributed by atoms with E-state index in [2.05, 4.69) is 37.0 Å². The van der Waals surface area contributed by atoms with E-state index in [1.165, 1.54) is 17.2 Å². The number of benzene rings is 1. The van der Waals surface area contributed by atoms with E-state index in [1.807, 2.05) is 4.57 Å². The molecule has 0 aliphatic carbocycles. The van der Waals surface area contributed by atoms with Crippen molar-refractivity contribution in [2.75, 3.05) is 0 Å². The highest BCUT2D eigenvalue weighted by atomic mass is 32.1. The number of aromatic nitrogens is 2. The van der Waals surface area contributed by atoms with E-state index >= 15 is 0 Å². The van der Waals surface area contributed by atoms with Crippen LogP contribution in [0, 0.1) is 4.77 Å². The highest BCUT2D eigenvalue weighted by Gasteiger charge is 2.08. The van der Waals surface area contributed by atoms with Crippen LogP contribution in [0.5, 0.6) is 0 Å². The van der Waals surface area contributed by atoms with Crippen LogP contribution in [-0.4, -0.2) is 9.55 Å². The summed E-state index contributed by atoms with van der Waals surface area (Å²) in [4.78, 5) is 13.9. The second-order valence-electron chi connectivity index (χ2n) is 4.11. The molecular formula is C14H16N2OS. The molecule has 1 N–H and O–H groups in total. The van der Waals surface area contributed by atoms with Crippen LogP contribution in [0.1, 0.15) is 25.0 Å². The molecule has 0 aliphatic rings. The van der Waals surface area contributed by atoms with Gasteiger partial charge in [0.15, 0.2) is 4.77 Å². The number of rotatable bonds is 3. The van der Waals surface area contributed by atoms with Gasteiger partial charge in [-0.05, 0) is 36.2 Å². The van der Waals surface area contributed by atoms with Gasteiger partial charge >= 0.3 is 0 Å². The Labute approximate surface area is 111 Å². The summed E-state index contributed by atoms with van der Waals surface area (Å²) in [5, 5.41) is 0. The van der Waals surface area contributed by atoms with E-state index in [9.17, 15) is 4.79 Å². The number of H-pyrrole nitrogens is 1. The van der Waals surface area contributed by atoms with E-state index in [-0.39, 0.29) is 5.56 Å². The number of aromatic amines is 1. The lowest BCUT2D eigenvalue weighted by atomic mass is 10.0. The number of aryl methyl sites for hydroxylation is 2. The average Bonchev–Trinajstić information content (AvgIpc) is 2.38. The van der Waals surface area contributed by atoms with E-state index in [4.69, 9.17) is 12.2 Å². The standard InChI is InChI=1S/C14H16N2OS/c1-3-10-6-5-7-11(4-2)13(10)16-9-8-12(17)15-14(16)18/h5-9H,3-4H2,1-2H3,(H,15,17,18). The lowest BCUT2D eigenvalue weighted by molar-refractivity contribution is 0.895. The van der Waals surface area contributed by atoms with Gasteiger partial charge in [-0.3, -0.25) is 14.3 Å². The molecule has 0 spiro atoms. The lowest BCUT2D eigenvalue weighted by Crippen LogP contribution is -2.12. The van der Waals surface area contributed by atoms with Gasteiger partial charge in [0.2, 0.25) is 0 Å². The van der Waals surface area contributed by atoms with Gasteiger partial charge in [-0.2, -0.15) is 0 Å². The van der Waals surface area contributed by atoms with Gasteiger partial charge in [0.25, 0.3) is 5.56 Å². The SMILES string of the molecule is CCc1cccc(CC)c1-n1ccc(=O)[nH]c1=S. The maximum absolute atomic E-state index is 11.2. The van der Waals surface area contributed by atoms with Gasteiger partial charge in [-0.25, -0.2) is 0 Å². The summed E-state index contributed by atoms with van der Waals surface area (Å²) in [7, 11) is 0. The Bertz CT molecular complexity index is 648. The number of nitrogens with one attached hydrogen (secondary N) is 1. The van der Waals surface area contributed by atoms with Crippen molar-refractivity contribution in [3.63, 3.8) is 0 Å². The molecule has 0 radical (unpaired) electrons. The van der Waals surface area contributed by atoms with Crippen molar-refractivity contribution in [3.05, 3.63) is 56.7 Å². The zero-order valence-electron chi connectivity index (χ0n) is 10.6. The third-order valence-corrected chi connectivity index (χ3v) is 3.33. The summed E-state index contributed by atoms with van der Waals surface area (Å²) < 4.78 is 2.33. The molecule has 1 aromatic heterocycles. The fourth-order valence-electron chi connectivity index (χ4n) is 2.12. The quantitative estimate of drug-likeness (QED) is 0.861. The number of hydrogen-bond donors (Lipinski definition) is 1. The third kappa shape index (κ3) is 2.29. The Hall–Kier alpha value is -1.68. The molecule has 0 atom stereocenters. The summed E-state index contributed by atoms with van der Waals surface area (Å²) in [5.41, 5.74) is 3.40.